The van der Waals surface area contributed by atoms with E-state index in [2.05, 4.69) is 11.1 Å². The molecule has 0 aromatic carbocycles. The van der Waals surface area contributed by atoms with E-state index in [4.69, 9.17) is 9.59 Å². The average Bonchev–Trinajstić information content (AvgIpc) is 1.57. The first-order chi connectivity index (χ1) is 4.47. The third kappa shape index (κ3) is 4.44. The minimum absolute atomic E-state index is 0. The molecule has 0 aromatic rings. The first-order valence-corrected chi connectivity index (χ1v) is 5.30. The summed E-state index contributed by atoms with van der Waals surface area (Å²) < 4.78 is 12.1. The maximum absolute atomic E-state index is 10.0. The van der Waals surface area contributed by atoms with Crippen LogP contribution < -0.4 is 34.4 Å². The molecule has 1 rings (SSSR count). The van der Waals surface area contributed by atoms with Crippen LogP contribution in [-0.2, 0) is 11.1 Å². The van der Waals surface area contributed by atoms with E-state index in [-0.39, 0.29) is 29.6 Å². The summed E-state index contributed by atoms with van der Waals surface area (Å²) in [4.78, 5) is 36.1. The van der Waals surface area contributed by atoms with Crippen LogP contribution in [0.25, 0.3) is 0 Å². The Hall–Kier alpha value is 0.859. The molecule has 0 atom stereocenters. The second-order valence-electron chi connectivity index (χ2n) is 1.44. The molecule has 0 aromatic heterocycles. The van der Waals surface area contributed by atoms with Crippen molar-refractivity contribution in [3.05, 3.63) is 0 Å². The quantitative estimate of drug-likeness (QED) is 0.431. The summed E-state index contributed by atoms with van der Waals surface area (Å²) in [6, 6.07) is 0. The molecule has 0 saturated carbocycles. The Morgan fingerprint density at radius 3 is 2.27 bits per heavy atom. The van der Waals surface area contributed by atoms with E-state index in [0.717, 1.165) is 0 Å². The van der Waals surface area contributed by atoms with E-state index < -0.39 is 30.4 Å². The Bertz CT molecular complexity index is 147. The predicted molar refractivity (Wildman–Crippen MR) is 24.6 cm³/mol. The van der Waals surface area contributed by atoms with E-state index in [0.29, 0.717) is 0 Å². The van der Waals surface area contributed by atoms with Gasteiger partial charge in [-0.1, -0.05) is 0 Å². The fraction of sp³-hybridized carbons (Fsp3) is 0. The largest absolute Gasteiger partial charge is 1.10 e. The molecule has 7 nitrogen and oxygen atoms in total. The van der Waals surface area contributed by atoms with Crippen molar-refractivity contribution in [2.45, 2.75) is 0 Å². The number of carbonyl (C=O) groups excluding carboxylic acids is 1. The van der Waals surface area contributed by atoms with Crippen LogP contribution in [0, 0.1) is 0 Å². The van der Waals surface area contributed by atoms with Crippen molar-refractivity contribution in [1.82, 2.24) is 0 Å². The third-order valence-electron chi connectivity index (χ3n) is 0.635. The number of hydrogen-bond acceptors (Lipinski definition) is 7. The molecule has 1 saturated heterocycles. The summed E-state index contributed by atoms with van der Waals surface area (Å²) in [5.41, 5.74) is 0. The van der Waals surface area contributed by atoms with Gasteiger partial charge in [0.05, 0.1) is 0 Å². The Morgan fingerprint density at radius 1 is 1.55 bits per heavy atom. The molecule has 2 N–H and O–H groups in total. The SMILES string of the molecule is O=C1[O][Al]([O][Si]([O-])(O)O)[O]1.[Na+]. The van der Waals surface area contributed by atoms with Gasteiger partial charge in [-0.05, 0) is 0 Å². The first-order valence-electron chi connectivity index (χ1n) is 2.17. The molecule has 0 spiro atoms. The summed E-state index contributed by atoms with van der Waals surface area (Å²) in [6.07, 6.45) is -0.949. The normalized spacial score (nSPS) is 15.9. The maximum atomic E-state index is 10.0. The molecule has 0 aliphatic carbocycles. The van der Waals surface area contributed by atoms with E-state index in [1.54, 1.807) is 0 Å². The van der Waals surface area contributed by atoms with Gasteiger partial charge in [-0.2, -0.15) is 0 Å². The van der Waals surface area contributed by atoms with Crippen LogP contribution >= 0.6 is 0 Å². The van der Waals surface area contributed by atoms with Crippen LogP contribution in [0.3, 0.4) is 0 Å². The van der Waals surface area contributed by atoms with Crippen molar-refractivity contribution < 1.29 is 59.8 Å². The summed E-state index contributed by atoms with van der Waals surface area (Å²) in [7, 11) is -4.81. The zero-order valence-corrected chi connectivity index (χ0v) is 9.67. The Kier molecular flexibility index (Phi) is 4.52. The van der Waals surface area contributed by atoms with Gasteiger partial charge in [0.15, 0.2) is 0 Å². The smallest absolute Gasteiger partial charge is 0.795 e. The third-order valence-corrected chi connectivity index (χ3v) is 3.40. The van der Waals surface area contributed by atoms with E-state index in [9.17, 15) is 9.59 Å². The first kappa shape index (κ1) is 11.9. The molecule has 1 aliphatic heterocycles. The molecule has 0 bridgehead atoms. The Morgan fingerprint density at radius 2 is 2.00 bits per heavy atom. The van der Waals surface area contributed by atoms with Crippen molar-refractivity contribution in [2.24, 2.45) is 0 Å². The van der Waals surface area contributed by atoms with Gasteiger partial charge in [-0.25, -0.2) is 4.79 Å². The minimum atomic E-state index is -4.81. The topological polar surface area (TPSA) is 108 Å². The minimum Gasteiger partial charge on any atom is -0.795 e. The molecule has 1 aliphatic rings. The molecular formula is CH2AlNaO7Si. The van der Waals surface area contributed by atoms with Crippen molar-refractivity contribution in [1.29, 1.82) is 0 Å². The Labute approximate surface area is 89.7 Å². The van der Waals surface area contributed by atoms with Gasteiger partial charge >= 0.3 is 59.9 Å². The average molecular weight is 204 g/mol. The molecule has 11 heavy (non-hydrogen) atoms. The second-order valence-corrected chi connectivity index (χ2v) is 4.53. The standard InChI is InChI=1S/CH2O3.Al.Na.H2O4Si/c2-1(3)4;;;1-5(2,3)4/h(H2,2,3,4);;;1-2H/q;+3;+1;-2/p-2. The fourth-order valence-electron chi connectivity index (χ4n) is 0.339. The van der Waals surface area contributed by atoms with Gasteiger partial charge in [0.1, 0.15) is 0 Å². The van der Waals surface area contributed by atoms with Gasteiger partial charge in [-0.3, -0.25) is 0 Å². The maximum Gasteiger partial charge on any atom is 1.10 e. The number of rotatable bonds is 2. The van der Waals surface area contributed by atoms with Gasteiger partial charge in [-0.15, -0.1) is 0 Å². The zero-order chi connectivity index (χ0) is 7.78. The number of hydrogen-bond donors (Lipinski definition) is 2. The van der Waals surface area contributed by atoms with Crippen LogP contribution in [0.5, 0.6) is 0 Å². The summed E-state index contributed by atoms with van der Waals surface area (Å²) in [5.74, 6) is 0. The molecule has 0 unspecified atom stereocenters. The van der Waals surface area contributed by atoms with E-state index >= 15 is 0 Å². The van der Waals surface area contributed by atoms with Crippen LogP contribution in [0.2, 0.25) is 0 Å². The van der Waals surface area contributed by atoms with Crippen molar-refractivity contribution in [3.63, 3.8) is 0 Å². The molecule has 1 fully saturated rings. The van der Waals surface area contributed by atoms with Crippen molar-refractivity contribution >= 4 is 30.4 Å². The Balaban J connectivity index is 0.000001000. The summed E-state index contributed by atoms with van der Waals surface area (Å²) in [5, 5.41) is 0. The van der Waals surface area contributed by atoms with Crippen molar-refractivity contribution in [3.8, 4) is 0 Å². The van der Waals surface area contributed by atoms with E-state index in [1.165, 1.54) is 0 Å². The summed E-state index contributed by atoms with van der Waals surface area (Å²) in [6.45, 7) is 0. The van der Waals surface area contributed by atoms with Crippen molar-refractivity contribution in [2.75, 3.05) is 0 Å². The predicted octanol–water partition coefficient (Wildman–Crippen LogP) is -6.06. The van der Waals surface area contributed by atoms with E-state index in [1.807, 2.05) is 0 Å². The van der Waals surface area contributed by atoms with Gasteiger partial charge < -0.3 is 25.4 Å². The molecule has 56 valence electrons. The van der Waals surface area contributed by atoms with Gasteiger partial charge in [0, 0.05) is 0 Å². The molecule has 1 heterocycles. The molecule has 0 amide bonds. The van der Waals surface area contributed by atoms with Gasteiger partial charge in [0.25, 0.3) is 0 Å². The fourth-order valence-corrected chi connectivity index (χ4v) is 2.06. The molecular weight excluding hydrogens is 202 g/mol. The molecule has 10 heteroatoms. The summed E-state index contributed by atoms with van der Waals surface area (Å²) >= 11 is -2.78. The van der Waals surface area contributed by atoms with Gasteiger partial charge in [0.2, 0.25) is 0 Å². The van der Waals surface area contributed by atoms with Crippen LogP contribution in [-0.4, -0.2) is 39.9 Å². The zero-order valence-electron chi connectivity index (χ0n) is 5.51. The van der Waals surface area contributed by atoms with Crippen LogP contribution in [0.4, 0.5) is 4.79 Å². The molecule has 0 radical (unpaired) electrons. The van der Waals surface area contributed by atoms with Crippen LogP contribution in [0.1, 0.15) is 0 Å². The monoisotopic (exact) mass is 204 g/mol. The number of carbonyl (C=O) groups is 1. The van der Waals surface area contributed by atoms with Crippen LogP contribution in [0.15, 0.2) is 0 Å². The second kappa shape index (κ2) is 4.20.